The van der Waals surface area contributed by atoms with E-state index in [9.17, 15) is 4.79 Å². The van der Waals surface area contributed by atoms with Crippen LogP contribution < -0.4 is 15.6 Å². The lowest BCUT2D eigenvalue weighted by Crippen LogP contribution is -2.30. The Bertz CT molecular complexity index is 1090. The van der Waals surface area contributed by atoms with Gasteiger partial charge in [0.25, 0.3) is 0 Å². The van der Waals surface area contributed by atoms with Crippen molar-refractivity contribution >= 4 is 34.0 Å². The minimum absolute atomic E-state index is 0.123. The van der Waals surface area contributed by atoms with Gasteiger partial charge < -0.3 is 10.1 Å². The Hall–Kier alpha value is -3.11. The van der Waals surface area contributed by atoms with Gasteiger partial charge in [-0.25, -0.2) is 4.98 Å². The van der Waals surface area contributed by atoms with Gasteiger partial charge in [-0.15, -0.1) is 21.5 Å². The zero-order valence-electron chi connectivity index (χ0n) is 14.8. The van der Waals surface area contributed by atoms with Gasteiger partial charge in [0.15, 0.2) is 5.13 Å². The Morgan fingerprint density at radius 2 is 1.96 bits per heavy atom. The number of nitrogens with one attached hydrogen (secondary N) is 1. The molecule has 28 heavy (non-hydrogen) atoms. The first kappa shape index (κ1) is 18.3. The number of rotatable bonds is 7. The smallest absolute Gasteiger partial charge is 0.317 e. The third kappa shape index (κ3) is 3.92. The Labute approximate surface area is 168 Å². The van der Waals surface area contributed by atoms with Crippen LogP contribution in [-0.2, 0) is 5.75 Å². The van der Waals surface area contributed by atoms with E-state index in [1.54, 1.807) is 30.4 Å². The first-order chi connectivity index (χ1) is 13.7. The standard InChI is InChI=1S/C18H16N6O2S2/c1-26-14-6-4-13(5-7-14)12-28-18-22-21-15(20-17-19-8-11-27-17)16(25)24(18)23-9-2-3-10-23/h2-11H,12H2,1H3,(H,19,20,21). The quantitative estimate of drug-likeness (QED) is 0.466. The number of thioether (sulfide) groups is 1. The van der Waals surface area contributed by atoms with Crippen LogP contribution in [0.4, 0.5) is 10.9 Å². The molecule has 0 fully saturated rings. The fourth-order valence-corrected chi connectivity index (χ4v) is 3.87. The molecular formula is C18H16N6O2S2. The number of ether oxygens (including phenoxy) is 1. The predicted molar refractivity (Wildman–Crippen MR) is 109 cm³/mol. The number of anilines is 2. The summed E-state index contributed by atoms with van der Waals surface area (Å²) in [5.74, 6) is 1.56. The van der Waals surface area contributed by atoms with E-state index in [2.05, 4.69) is 20.5 Å². The van der Waals surface area contributed by atoms with E-state index in [1.807, 2.05) is 41.8 Å². The number of aromatic nitrogens is 5. The summed E-state index contributed by atoms with van der Waals surface area (Å²) in [6, 6.07) is 11.5. The van der Waals surface area contributed by atoms with E-state index in [-0.39, 0.29) is 11.4 Å². The van der Waals surface area contributed by atoms with Gasteiger partial charge in [-0.3, -0.25) is 9.47 Å². The largest absolute Gasteiger partial charge is 0.497 e. The van der Waals surface area contributed by atoms with Crippen molar-refractivity contribution in [3.8, 4) is 5.75 Å². The van der Waals surface area contributed by atoms with Gasteiger partial charge in [0.2, 0.25) is 11.0 Å². The monoisotopic (exact) mass is 412 g/mol. The molecular weight excluding hydrogens is 396 g/mol. The van der Waals surface area contributed by atoms with Crippen molar-refractivity contribution in [3.05, 3.63) is 76.3 Å². The summed E-state index contributed by atoms with van der Waals surface area (Å²) in [6.07, 6.45) is 5.23. The van der Waals surface area contributed by atoms with Gasteiger partial charge in [-0.2, -0.15) is 4.68 Å². The zero-order chi connectivity index (χ0) is 19.3. The highest BCUT2D eigenvalue weighted by molar-refractivity contribution is 7.98. The second kappa shape index (κ2) is 8.28. The molecule has 0 spiro atoms. The number of benzene rings is 1. The first-order valence-electron chi connectivity index (χ1n) is 8.30. The lowest BCUT2D eigenvalue weighted by Gasteiger charge is -2.13. The molecule has 0 atom stereocenters. The van der Waals surface area contributed by atoms with Crippen LogP contribution in [-0.4, -0.2) is 31.6 Å². The fourth-order valence-electron chi connectivity index (χ4n) is 2.45. The highest BCUT2D eigenvalue weighted by Gasteiger charge is 2.15. The predicted octanol–water partition coefficient (Wildman–Crippen LogP) is 3.25. The maximum absolute atomic E-state index is 13.0. The molecule has 142 valence electrons. The van der Waals surface area contributed by atoms with E-state index < -0.39 is 0 Å². The Balaban J connectivity index is 1.64. The molecule has 4 aromatic rings. The topological polar surface area (TPSA) is 86.9 Å². The molecule has 1 aromatic carbocycles. The van der Waals surface area contributed by atoms with Gasteiger partial charge in [-0.1, -0.05) is 23.9 Å². The average Bonchev–Trinajstić information content (AvgIpc) is 3.43. The summed E-state index contributed by atoms with van der Waals surface area (Å²) in [6.45, 7) is 0. The van der Waals surface area contributed by atoms with Gasteiger partial charge in [0.05, 0.1) is 7.11 Å². The van der Waals surface area contributed by atoms with E-state index in [0.29, 0.717) is 16.0 Å². The van der Waals surface area contributed by atoms with Crippen LogP contribution in [0.25, 0.3) is 0 Å². The molecule has 0 radical (unpaired) electrons. The van der Waals surface area contributed by atoms with Gasteiger partial charge in [-0.05, 0) is 29.8 Å². The maximum Gasteiger partial charge on any atom is 0.317 e. The summed E-state index contributed by atoms with van der Waals surface area (Å²) >= 11 is 2.81. The van der Waals surface area contributed by atoms with Crippen LogP contribution in [0.1, 0.15) is 5.56 Å². The molecule has 0 bridgehead atoms. The Morgan fingerprint density at radius 1 is 1.18 bits per heavy atom. The zero-order valence-corrected chi connectivity index (χ0v) is 16.5. The van der Waals surface area contributed by atoms with Crippen LogP contribution in [0.15, 0.2) is 70.3 Å². The van der Waals surface area contributed by atoms with Gasteiger partial charge >= 0.3 is 5.56 Å². The molecule has 0 unspecified atom stereocenters. The van der Waals surface area contributed by atoms with E-state index in [0.717, 1.165) is 11.3 Å². The summed E-state index contributed by atoms with van der Waals surface area (Å²) in [5.41, 5.74) is 0.780. The molecule has 0 amide bonds. The number of thiazole rings is 1. The number of hydrogen-bond acceptors (Lipinski definition) is 8. The minimum Gasteiger partial charge on any atom is -0.497 e. The van der Waals surface area contributed by atoms with Crippen molar-refractivity contribution in [2.24, 2.45) is 0 Å². The van der Waals surface area contributed by atoms with Crippen molar-refractivity contribution in [2.45, 2.75) is 10.9 Å². The van der Waals surface area contributed by atoms with Crippen LogP contribution in [0.3, 0.4) is 0 Å². The molecule has 0 aliphatic heterocycles. The highest BCUT2D eigenvalue weighted by Crippen LogP contribution is 2.22. The van der Waals surface area contributed by atoms with Crippen molar-refractivity contribution < 1.29 is 4.74 Å². The molecule has 4 rings (SSSR count). The lowest BCUT2D eigenvalue weighted by molar-refractivity contribution is 0.414. The maximum atomic E-state index is 13.0. The van der Waals surface area contributed by atoms with Gasteiger partial charge in [0.1, 0.15) is 5.75 Å². The molecule has 3 heterocycles. The molecule has 10 heteroatoms. The summed E-state index contributed by atoms with van der Waals surface area (Å²) < 4.78 is 8.35. The molecule has 0 saturated heterocycles. The Kier molecular flexibility index (Phi) is 5.40. The molecule has 8 nitrogen and oxygen atoms in total. The number of nitrogens with zero attached hydrogens (tertiary/aromatic N) is 5. The van der Waals surface area contributed by atoms with Crippen LogP contribution in [0.2, 0.25) is 0 Å². The second-order valence-corrected chi connectivity index (χ2v) is 7.45. The lowest BCUT2D eigenvalue weighted by atomic mass is 10.2. The van der Waals surface area contributed by atoms with Crippen molar-refractivity contribution in [2.75, 3.05) is 12.4 Å². The number of methoxy groups -OCH3 is 1. The summed E-state index contributed by atoms with van der Waals surface area (Å²) in [7, 11) is 1.64. The Morgan fingerprint density at radius 3 is 2.64 bits per heavy atom. The van der Waals surface area contributed by atoms with E-state index in [4.69, 9.17) is 4.74 Å². The summed E-state index contributed by atoms with van der Waals surface area (Å²) in [4.78, 5) is 17.2. The number of hydrogen-bond donors (Lipinski definition) is 1. The SMILES string of the molecule is COc1ccc(CSc2nnc(Nc3nccs3)c(=O)n2-n2cccc2)cc1. The molecule has 3 aromatic heterocycles. The normalized spacial score (nSPS) is 10.8. The summed E-state index contributed by atoms with van der Waals surface area (Å²) in [5, 5.41) is 14.2. The molecule has 0 aliphatic carbocycles. The van der Waals surface area contributed by atoms with Crippen LogP contribution in [0.5, 0.6) is 5.75 Å². The molecule has 0 aliphatic rings. The second-order valence-electron chi connectivity index (χ2n) is 5.61. The molecule has 1 N–H and O–H groups in total. The average molecular weight is 413 g/mol. The highest BCUT2D eigenvalue weighted by atomic mass is 32.2. The molecule has 0 saturated carbocycles. The van der Waals surface area contributed by atoms with Crippen LogP contribution >= 0.6 is 23.1 Å². The first-order valence-corrected chi connectivity index (χ1v) is 10.2. The minimum atomic E-state index is -0.307. The fraction of sp³-hybridized carbons (Fsp3) is 0.111. The third-order valence-electron chi connectivity index (χ3n) is 3.82. The van der Waals surface area contributed by atoms with Crippen LogP contribution in [0, 0.1) is 0 Å². The van der Waals surface area contributed by atoms with E-state index in [1.165, 1.54) is 27.8 Å². The van der Waals surface area contributed by atoms with Gasteiger partial charge in [0, 0.05) is 29.7 Å². The van der Waals surface area contributed by atoms with Crippen molar-refractivity contribution in [1.82, 2.24) is 24.5 Å². The van der Waals surface area contributed by atoms with Crippen molar-refractivity contribution in [1.29, 1.82) is 0 Å². The van der Waals surface area contributed by atoms with E-state index >= 15 is 0 Å². The van der Waals surface area contributed by atoms with Crippen molar-refractivity contribution in [3.63, 3.8) is 0 Å². The third-order valence-corrected chi connectivity index (χ3v) is 5.49.